The largest absolute Gasteiger partial charge is 0.493 e. The number of amides is 2. The van der Waals surface area contributed by atoms with Gasteiger partial charge in [-0.3, -0.25) is 19.3 Å². The van der Waals surface area contributed by atoms with E-state index < -0.39 is 17.5 Å². The summed E-state index contributed by atoms with van der Waals surface area (Å²) in [5.41, 5.74) is 3.76. The first-order chi connectivity index (χ1) is 24.0. The fourth-order valence-corrected chi connectivity index (χ4v) is 6.49. The van der Waals surface area contributed by atoms with Gasteiger partial charge in [-0.05, 0) is 76.3 Å². The molecule has 2 N–H and O–H groups in total. The first kappa shape index (κ1) is 35.7. The van der Waals surface area contributed by atoms with Gasteiger partial charge >= 0.3 is 11.9 Å². The summed E-state index contributed by atoms with van der Waals surface area (Å²) in [5.74, 6) is -1.88. The number of ketones is 1. The normalized spacial score (nSPS) is 15.2. The lowest BCUT2D eigenvalue weighted by atomic mass is 10.0. The van der Waals surface area contributed by atoms with Crippen LogP contribution in [0.15, 0.2) is 60.3 Å². The highest BCUT2D eigenvalue weighted by Crippen LogP contribution is 2.38. The summed E-state index contributed by atoms with van der Waals surface area (Å²) < 4.78 is 18.3. The Hall–Kier alpha value is -5.59. The number of nitrogens with zero attached hydrogens (tertiary/aromatic N) is 3. The van der Waals surface area contributed by atoms with E-state index in [0.29, 0.717) is 36.3 Å². The predicted octanol–water partition coefficient (Wildman–Crippen LogP) is 4.32. The molecule has 0 unspecified atom stereocenters. The van der Waals surface area contributed by atoms with Gasteiger partial charge in [0.2, 0.25) is 0 Å². The molecule has 1 fully saturated rings. The van der Waals surface area contributed by atoms with E-state index in [0.717, 1.165) is 58.8 Å². The van der Waals surface area contributed by atoms with Gasteiger partial charge in [-0.2, -0.15) is 0 Å². The molecule has 2 aliphatic rings. The summed E-state index contributed by atoms with van der Waals surface area (Å²) in [6.45, 7) is 5.24. The molecule has 0 radical (unpaired) electrons. The number of anilines is 1. The molecule has 3 aromatic rings. The first-order valence-electron chi connectivity index (χ1n) is 16.6. The molecule has 0 aliphatic carbocycles. The lowest BCUT2D eigenvalue weighted by molar-refractivity contribution is -0.144. The van der Waals surface area contributed by atoms with Gasteiger partial charge in [0.05, 0.1) is 26.3 Å². The fourth-order valence-electron chi connectivity index (χ4n) is 6.49. The Morgan fingerprint density at radius 2 is 1.54 bits per heavy atom. The van der Waals surface area contributed by atoms with Gasteiger partial charge < -0.3 is 34.1 Å². The molecule has 0 bridgehead atoms. The van der Waals surface area contributed by atoms with Crippen molar-refractivity contribution in [2.75, 3.05) is 45.4 Å². The third-order valence-corrected chi connectivity index (χ3v) is 9.10. The van der Waals surface area contributed by atoms with E-state index in [9.17, 15) is 29.1 Å². The first-order valence-corrected chi connectivity index (χ1v) is 16.6. The molecule has 5 rings (SSSR count). The number of piperidine rings is 1. The fraction of sp³-hybridized carbons (Fsp3) is 0.378. The molecule has 2 aliphatic heterocycles. The van der Waals surface area contributed by atoms with E-state index in [1.54, 1.807) is 21.1 Å². The summed E-state index contributed by atoms with van der Waals surface area (Å²) in [6, 6.07) is 11.8. The highest BCUT2D eigenvalue weighted by Gasteiger charge is 2.25. The number of carbonyl (C=O) groups excluding carboxylic acids is 4. The number of nitrogens with one attached hydrogen (secondary N) is 1. The Morgan fingerprint density at radius 1 is 0.920 bits per heavy atom. The van der Waals surface area contributed by atoms with E-state index in [4.69, 9.17) is 14.2 Å². The van der Waals surface area contributed by atoms with E-state index in [2.05, 4.69) is 10.2 Å². The number of carboxylic acid groups (broad SMARTS) is 1. The van der Waals surface area contributed by atoms with Crippen LogP contribution in [0.4, 0.5) is 5.69 Å². The van der Waals surface area contributed by atoms with Crippen molar-refractivity contribution >= 4 is 46.1 Å². The van der Waals surface area contributed by atoms with Gasteiger partial charge in [0.25, 0.3) is 11.8 Å². The summed E-state index contributed by atoms with van der Waals surface area (Å²) in [4.78, 5) is 63.5. The molecule has 3 heterocycles. The third kappa shape index (κ3) is 7.66. The van der Waals surface area contributed by atoms with Gasteiger partial charge in [-0.1, -0.05) is 0 Å². The number of methoxy groups -OCH3 is 2. The van der Waals surface area contributed by atoms with Crippen LogP contribution in [0.25, 0.3) is 16.6 Å². The molecular weight excluding hydrogens is 644 g/mol. The Morgan fingerprint density at radius 3 is 2.14 bits per heavy atom. The second-order valence-electron chi connectivity index (χ2n) is 12.2. The van der Waals surface area contributed by atoms with Crippen molar-refractivity contribution in [2.45, 2.75) is 52.0 Å². The molecule has 2 amide bonds. The monoisotopic (exact) mass is 686 g/mol. The Bertz CT molecular complexity index is 1830. The molecule has 50 heavy (non-hydrogen) atoms. The van der Waals surface area contributed by atoms with Crippen LogP contribution in [-0.2, 0) is 23.9 Å². The minimum atomic E-state index is -1.38. The number of carboxylic acids is 1. The number of fused-ring (bicyclic) bond motifs is 1. The van der Waals surface area contributed by atoms with Crippen LogP contribution in [0.2, 0.25) is 0 Å². The van der Waals surface area contributed by atoms with Crippen LogP contribution in [0, 0.1) is 6.92 Å². The molecule has 13 heteroatoms. The highest BCUT2D eigenvalue weighted by molar-refractivity contribution is 6.13. The quantitative estimate of drug-likeness (QED) is 0.0446. The molecule has 2 aromatic carbocycles. The number of hydrogen-bond donors (Lipinski definition) is 2. The van der Waals surface area contributed by atoms with Crippen molar-refractivity contribution in [3.05, 3.63) is 71.6 Å². The highest BCUT2D eigenvalue weighted by atomic mass is 16.5. The van der Waals surface area contributed by atoms with E-state index in [-0.39, 0.29) is 36.8 Å². The predicted molar refractivity (Wildman–Crippen MR) is 186 cm³/mol. The number of hydrogen-bond acceptors (Lipinski definition) is 10. The number of ether oxygens (including phenoxy) is 3. The van der Waals surface area contributed by atoms with E-state index >= 15 is 0 Å². The standard InChI is InChI=1S/C37H42N4O9/c1-23-35(24(2)42)28-20-31(48-3)32(49-4)21-30(28)41(23)27-10-8-26(9-11-27)39-17-14-25(15-18-39)38-22-29(36(45)46)37(47)50-19-7-5-6-16-40-33(43)12-13-34(40)44/h8-13,20-22,25,38H,5-7,14-19H2,1-4H3,(H,45,46)/b29-22+. The second-order valence-corrected chi connectivity index (χ2v) is 12.2. The smallest absolute Gasteiger partial charge is 0.347 e. The van der Waals surface area contributed by atoms with Crippen LogP contribution < -0.4 is 19.7 Å². The average molecular weight is 687 g/mol. The zero-order valence-corrected chi connectivity index (χ0v) is 28.7. The summed E-state index contributed by atoms with van der Waals surface area (Å²) >= 11 is 0. The summed E-state index contributed by atoms with van der Waals surface area (Å²) in [6.07, 6.45) is 6.77. The summed E-state index contributed by atoms with van der Waals surface area (Å²) in [7, 11) is 3.15. The van der Waals surface area contributed by atoms with Crippen LogP contribution >= 0.6 is 0 Å². The Labute approximate surface area is 290 Å². The maximum absolute atomic E-state index is 12.7. The van der Waals surface area contributed by atoms with Crippen molar-refractivity contribution in [1.29, 1.82) is 0 Å². The molecule has 0 spiro atoms. The van der Waals surface area contributed by atoms with Crippen molar-refractivity contribution < 1.29 is 43.3 Å². The maximum Gasteiger partial charge on any atom is 0.347 e. The van der Waals surface area contributed by atoms with Gasteiger partial charge in [-0.25, -0.2) is 9.59 Å². The van der Waals surface area contributed by atoms with Crippen molar-refractivity contribution in [1.82, 2.24) is 14.8 Å². The van der Waals surface area contributed by atoms with Gasteiger partial charge in [0.1, 0.15) is 0 Å². The number of aliphatic carboxylic acids is 1. The minimum Gasteiger partial charge on any atom is -0.493 e. The molecule has 264 valence electrons. The lowest BCUT2D eigenvalue weighted by Gasteiger charge is -2.34. The number of esters is 1. The number of imide groups is 1. The molecule has 0 atom stereocenters. The zero-order chi connectivity index (χ0) is 35.9. The average Bonchev–Trinajstić information content (AvgIpc) is 3.58. The second kappa shape index (κ2) is 15.7. The Kier molecular flexibility index (Phi) is 11.2. The number of unbranched alkanes of at least 4 members (excludes halogenated alkanes) is 2. The molecule has 1 aromatic heterocycles. The summed E-state index contributed by atoms with van der Waals surface area (Å²) in [5, 5.41) is 13.5. The molecule has 0 saturated carbocycles. The molecule has 13 nitrogen and oxygen atoms in total. The topological polar surface area (TPSA) is 157 Å². The number of Topliss-reactive ketones (excluding diaryl/α,β-unsaturated/α-hetero) is 1. The maximum atomic E-state index is 12.7. The van der Waals surface area contributed by atoms with Crippen molar-refractivity contribution in [3.8, 4) is 17.2 Å². The molecule has 1 saturated heterocycles. The van der Waals surface area contributed by atoms with Crippen LogP contribution in [0.1, 0.15) is 55.1 Å². The van der Waals surface area contributed by atoms with Gasteiger partial charge in [0.15, 0.2) is 22.9 Å². The number of aromatic nitrogens is 1. The van der Waals surface area contributed by atoms with Gasteiger partial charge in [-0.15, -0.1) is 0 Å². The van der Waals surface area contributed by atoms with Crippen LogP contribution in [0.5, 0.6) is 11.5 Å². The lowest BCUT2D eigenvalue weighted by Crippen LogP contribution is -2.41. The van der Waals surface area contributed by atoms with E-state index in [1.807, 2.05) is 47.9 Å². The number of carbonyl (C=O) groups is 5. The van der Waals surface area contributed by atoms with Crippen LogP contribution in [-0.4, -0.2) is 90.6 Å². The van der Waals surface area contributed by atoms with E-state index in [1.165, 1.54) is 18.4 Å². The SMILES string of the molecule is COc1cc2c(C(C)=O)c(C)n(-c3ccc(N4CCC(N/C=C(\C(=O)O)C(=O)OCCCCCN5C(=O)C=CC5=O)CC4)cc3)c2cc1OC. The minimum absolute atomic E-state index is 0.0240. The third-order valence-electron chi connectivity index (χ3n) is 9.10. The zero-order valence-electron chi connectivity index (χ0n) is 28.7. The van der Waals surface area contributed by atoms with Crippen LogP contribution in [0.3, 0.4) is 0 Å². The van der Waals surface area contributed by atoms with Crippen molar-refractivity contribution in [2.24, 2.45) is 0 Å². The Balaban J connectivity index is 1.14. The number of benzene rings is 2. The van der Waals surface area contributed by atoms with Gasteiger partial charge in [0, 0.05) is 78.1 Å². The molecular formula is C37H42N4O9. The number of rotatable bonds is 15. The van der Waals surface area contributed by atoms with Crippen molar-refractivity contribution in [3.63, 3.8) is 0 Å².